The molecule has 0 aliphatic carbocycles. The molecule has 1 N–H and O–H groups in total. The van der Waals surface area contributed by atoms with E-state index in [0.29, 0.717) is 5.69 Å². The van der Waals surface area contributed by atoms with Crippen molar-refractivity contribution in [2.75, 3.05) is 4.72 Å². The number of benzene rings is 2. The van der Waals surface area contributed by atoms with Gasteiger partial charge >= 0.3 is 51.4 Å². The maximum atomic E-state index is 12.0. The molecule has 0 radical (unpaired) electrons. The van der Waals surface area contributed by atoms with Crippen LogP contribution in [0.25, 0.3) is 0 Å². The van der Waals surface area contributed by atoms with Crippen LogP contribution in [0.3, 0.4) is 0 Å². The summed E-state index contributed by atoms with van der Waals surface area (Å²) >= 11 is 0. The van der Waals surface area contributed by atoms with Crippen molar-refractivity contribution in [1.82, 2.24) is 0 Å². The second-order valence-corrected chi connectivity index (χ2v) is 5.47. The molecular weight excluding hydrogens is 273 g/mol. The Morgan fingerprint density at radius 1 is 0.889 bits per heavy atom. The zero-order valence-corrected chi connectivity index (χ0v) is 10.2. The van der Waals surface area contributed by atoms with Gasteiger partial charge in [0.05, 0.1) is 4.90 Å². The van der Waals surface area contributed by atoms with E-state index in [1.54, 1.807) is 48.5 Å². The van der Waals surface area contributed by atoms with Gasteiger partial charge in [0, 0.05) is 5.69 Å². The molecule has 5 heteroatoms. The van der Waals surface area contributed by atoms with E-state index < -0.39 is 10.0 Å². The summed E-state index contributed by atoms with van der Waals surface area (Å²) in [5.74, 6) is 0. The molecule has 0 unspecified atom stereocenters. The summed E-state index contributed by atoms with van der Waals surface area (Å²) in [6.45, 7) is 1.92. The summed E-state index contributed by atoms with van der Waals surface area (Å²) in [5.41, 5.74) is 1.59. The third kappa shape index (κ3) is 4.19. The Morgan fingerprint density at radius 2 is 1.44 bits per heavy atom. The first kappa shape index (κ1) is 15.9. The molecular formula is C13H14KNO2S. The third-order valence-electron chi connectivity index (χ3n) is 2.36. The van der Waals surface area contributed by atoms with Crippen LogP contribution >= 0.6 is 0 Å². The van der Waals surface area contributed by atoms with E-state index in [-0.39, 0.29) is 56.3 Å². The van der Waals surface area contributed by atoms with Gasteiger partial charge in [0.1, 0.15) is 0 Å². The van der Waals surface area contributed by atoms with Gasteiger partial charge in [0.25, 0.3) is 10.0 Å². The van der Waals surface area contributed by atoms with E-state index in [2.05, 4.69) is 4.72 Å². The van der Waals surface area contributed by atoms with Crippen LogP contribution in [0.5, 0.6) is 0 Å². The number of nitrogens with one attached hydrogen (secondary N) is 1. The molecule has 0 fully saturated rings. The van der Waals surface area contributed by atoms with Gasteiger partial charge in [-0.2, -0.15) is 0 Å². The molecule has 0 bridgehead atoms. The monoisotopic (exact) mass is 287 g/mol. The Kier molecular flexibility index (Phi) is 6.03. The summed E-state index contributed by atoms with van der Waals surface area (Å²) < 4.78 is 26.5. The van der Waals surface area contributed by atoms with Gasteiger partial charge in [-0.3, -0.25) is 4.72 Å². The summed E-state index contributed by atoms with van der Waals surface area (Å²) in [5, 5.41) is 0. The molecule has 3 nitrogen and oxygen atoms in total. The van der Waals surface area contributed by atoms with Crippen LogP contribution in [-0.2, 0) is 10.0 Å². The van der Waals surface area contributed by atoms with Crippen LogP contribution in [0.1, 0.15) is 5.56 Å². The number of hydrogen-bond donors (Lipinski definition) is 1. The van der Waals surface area contributed by atoms with E-state index in [9.17, 15) is 8.42 Å². The molecule has 2 aromatic rings. The van der Waals surface area contributed by atoms with Gasteiger partial charge in [-0.05, 0) is 31.2 Å². The van der Waals surface area contributed by atoms with Crippen molar-refractivity contribution in [3.05, 3.63) is 60.2 Å². The zero-order chi connectivity index (χ0) is 12.3. The summed E-state index contributed by atoms with van der Waals surface area (Å²) in [4.78, 5) is 0.270. The van der Waals surface area contributed by atoms with E-state index in [0.717, 1.165) is 5.56 Å². The SMILES string of the molecule is Cc1ccc(S(=O)(=O)Nc2ccccc2)cc1.[KH]. The molecule has 18 heavy (non-hydrogen) atoms. The Morgan fingerprint density at radius 3 is 2.00 bits per heavy atom. The van der Waals surface area contributed by atoms with Gasteiger partial charge < -0.3 is 0 Å². The number of sulfonamides is 1. The minimum atomic E-state index is -3.48. The van der Waals surface area contributed by atoms with Crippen molar-refractivity contribution in [3.63, 3.8) is 0 Å². The summed E-state index contributed by atoms with van der Waals surface area (Å²) in [7, 11) is -3.48. The molecule has 90 valence electrons. The van der Waals surface area contributed by atoms with Gasteiger partial charge in [0.2, 0.25) is 0 Å². The van der Waals surface area contributed by atoms with E-state index in [1.807, 2.05) is 13.0 Å². The van der Waals surface area contributed by atoms with Crippen LogP contribution in [-0.4, -0.2) is 59.8 Å². The molecule has 0 saturated carbocycles. The molecule has 0 saturated heterocycles. The molecule has 0 heterocycles. The first-order valence-electron chi connectivity index (χ1n) is 5.22. The van der Waals surface area contributed by atoms with Crippen LogP contribution in [0.15, 0.2) is 59.5 Å². The van der Waals surface area contributed by atoms with E-state index in [1.165, 1.54) is 0 Å². The predicted octanol–water partition coefficient (Wildman–Crippen LogP) is 2.15. The maximum absolute atomic E-state index is 12.0. The van der Waals surface area contributed by atoms with Gasteiger partial charge in [-0.1, -0.05) is 35.9 Å². The second-order valence-electron chi connectivity index (χ2n) is 3.78. The zero-order valence-electron chi connectivity index (χ0n) is 9.42. The predicted molar refractivity (Wildman–Crippen MR) is 75.6 cm³/mol. The molecule has 0 aliphatic heterocycles. The Bertz CT molecular complexity index is 595. The standard InChI is InChI=1S/C13H13NO2S.K.H/c1-11-7-9-13(10-8-11)17(15,16)14-12-5-3-2-4-6-12;;/h2-10,14H,1H3;;. The van der Waals surface area contributed by atoms with Crippen molar-refractivity contribution in [1.29, 1.82) is 0 Å². The quantitative estimate of drug-likeness (QED) is 0.879. The van der Waals surface area contributed by atoms with Crippen molar-refractivity contribution >= 4 is 67.1 Å². The minimum absolute atomic E-state index is 0. The second kappa shape index (κ2) is 6.84. The number of anilines is 1. The number of aryl methyl sites for hydroxylation is 1. The summed E-state index contributed by atoms with van der Waals surface area (Å²) in [6.07, 6.45) is 0. The fraction of sp³-hybridized carbons (Fsp3) is 0.0769. The van der Waals surface area contributed by atoms with E-state index in [4.69, 9.17) is 0 Å². The van der Waals surface area contributed by atoms with Crippen LogP contribution in [0.2, 0.25) is 0 Å². The number of para-hydroxylation sites is 1. The van der Waals surface area contributed by atoms with Crippen molar-refractivity contribution in [2.24, 2.45) is 0 Å². The first-order chi connectivity index (χ1) is 8.08. The van der Waals surface area contributed by atoms with Gasteiger partial charge in [-0.25, -0.2) is 8.42 Å². The Hall–Kier alpha value is -0.174. The molecule has 0 amide bonds. The van der Waals surface area contributed by atoms with Crippen molar-refractivity contribution < 1.29 is 8.42 Å². The molecule has 0 spiro atoms. The average Bonchev–Trinajstić information content (AvgIpc) is 2.30. The van der Waals surface area contributed by atoms with Crippen molar-refractivity contribution in [3.8, 4) is 0 Å². The topological polar surface area (TPSA) is 46.2 Å². The third-order valence-corrected chi connectivity index (χ3v) is 3.75. The molecule has 0 aromatic heterocycles. The van der Waals surface area contributed by atoms with E-state index >= 15 is 0 Å². The fourth-order valence-corrected chi connectivity index (χ4v) is 2.50. The molecule has 0 atom stereocenters. The number of hydrogen-bond acceptors (Lipinski definition) is 2. The van der Waals surface area contributed by atoms with Gasteiger partial charge in [0.15, 0.2) is 0 Å². The average molecular weight is 287 g/mol. The first-order valence-corrected chi connectivity index (χ1v) is 6.71. The summed E-state index contributed by atoms with van der Waals surface area (Å²) in [6, 6.07) is 15.6. The van der Waals surface area contributed by atoms with Crippen molar-refractivity contribution in [2.45, 2.75) is 11.8 Å². The fourth-order valence-electron chi connectivity index (χ4n) is 1.44. The van der Waals surface area contributed by atoms with Crippen LogP contribution in [0.4, 0.5) is 5.69 Å². The van der Waals surface area contributed by atoms with Gasteiger partial charge in [-0.15, -0.1) is 0 Å². The Labute approximate surface area is 150 Å². The van der Waals surface area contributed by atoms with Crippen LogP contribution in [0, 0.1) is 6.92 Å². The molecule has 2 aromatic carbocycles. The normalized spacial score (nSPS) is 10.5. The Balaban J connectivity index is 0.00000162. The molecule has 0 aliphatic rings. The molecule has 2 rings (SSSR count). The van der Waals surface area contributed by atoms with Crippen LogP contribution < -0.4 is 4.72 Å². The number of rotatable bonds is 3.